The molecule has 3 aromatic rings. The van der Waals surface area contributed by atoms with Crippen molar-refractivity contribution in [2.75, 3.05) is 0 Å². The van der Waals surface area contributed by atoms with E-state index in [4.69, 9.17) is 33.4 Å². The largest absolute Gasteiger partial charge is 0.308 e. The summed E-state index contributed by atoms with van der Waals surface area (Å²) >= 11 is 12.7. The van der Waals surface area contributed by atoms with E-state index in [1.54, 1.807) is 4.80 Å². The van der Waals surface area contributed by atoms with Crippen molar-refractivity contribution in [2.45, 2.75) is 51.2 Å². The zero-order chi connectivity index (χ0) is 19.3. The molecule has 0 aliphatic heterocycles. The first kappa shape index (κ1) is 19.4. The molecule has 6 heteroatoms. The quantitative estimate of drug-likeness (QED) is 0.560. The van der Waals surface area contributed by atoms with Gasteiger partial charge in [0.15, 0.2) is 0 Å². The highest BCUT2D eigenvalue weighted by molar-refractivity contribution is 6.35. The van der Waals surface area contributed by atoms with Gasteiger partial charge < -0.3 is 5.32 Å². The lowest BCUT2D eigenvalue weighted by Crippen LogP contribution is -2.30. The van der Waals surface area contributed by atoms with E-state index in [-0.39, 0.29) is 0 Å². The van der Waals surface area contributed by atoms with Crippen molar-refractivity contribution in [3.8, 4) is 11.3 Å². The van der Waals surface area contributed by atoms with E-state index in [1.165, 1.54) is 32.1 Å². The van der Waals surface area contributed by atoms with Crippen LogP contribution in [0.1, 0.15) is 43.4 Å². The van der Waals surface area contributed by atoms with Gasteiger partial charge in [-0.1, -0.05) is 78.9 Å². The van der Waals surface area contributed by atoms with Gasteiger partial charge in [0.1, 0.15) is 11.4 Å². The molecule has 1 aliphatic carbocycles. The van der Waals surface area contributed by atoms with E-state index in [1.807, 2.05) is 36.4 Å². The van der Waals surface area contributed by atoms with Crippen LogP contribution in [0.2, 0.25) is 10.0 Å². The number of benzene rings is 2. The lowest BCUT2D eigenvalue weighted by molar-refractivity contribution is 0.370. The average Bonchev–Trinajstić information content (AvgIpc) is 3.14. The molecule has 2 aromatic carbocycles. The zero-order valence-electron chi connectivity index (χ0n) is 15.7. The maximum atomic E-state index is 6.34. The van der Waals surface area contributed by atoms with Crippen LogP contribution in [0.3, 0.4) is 0 Å². The molecule has 1 saturated carbocycles. The molecule has 4 rings (SSSR count). The molecule has 1 aliphatic rings. The van der Waals surface area contributed by atoms with E-state index < -0.39 is 0 Å². The van der Waals surface area contributed by atoms with Crippen LogP contribution in [0.5, 0.6) is 0 Å². The average molecular weight is 415 g/mol. The van der Waals surface area contributed by atoms with Crippen molar-refractivity contribution in [1.82, 2.24) is 20.3 Å². The Balaban J connectivity index is 1.60. The van der Waals surface area contributed by atoms with E-state index in [0.717, 1.165) is 22.5 Å². The Morgan fingerprint density at radius 1 is 0.893 bits per heavy atom. The molecule has 0 amide bonds. The van der Waals surface area contributed by atoms with Crippen LogP contribution < -0.4 is 5.32 Å². The van der Waals surface area contributed by atoms with Crippen molar-refractivity contribution in [3.05, 3.63) is 69.8 Å². The van der Waals surface area contributed by atoms with Crippen LogP contribution in [0.4, 0.5) is 0 Å². The van der Waals surface area contributed by atoms with Crippen molar-refractivity contribution < 1.29 is 0 Å². The minimum Gasteiger partial charge on any atom is -0.308 e. The Kier molecular flexibility index (Phi) is 6.30. The Morgan fingerprint density at radius 3 is 2.32 bits per heavy atom. The minimum absolute atomic E-state index is 0.446. The van der Waals surface area contributed by atoms with E-state index >= 15 is 0 Å². The van der Waals surface area contributed by atoms with Crippen molar-refractivity contribution >= 4 is 23.2 Å². The van der Waals surface area contributed by atoms with Gasteiger partial charge in [-0.3, -0.25) is 0 Å². The number of nitrogens with zero attached hydrogens (tertiary/aromatic N) is 3. The third-order valence-electron chi connectivity index (χ3n) is 5.30. The van der Waals surface area contributed by atoms with Crippen LogP contribution in [-0.4, -0.2) is 21.0 Å². The van der Waals surface area contributed by atoms with Crippen LogP contribution in [0.15, 0.2) is 48.5 Å². The highest BCUT2D eigenvalue weighted by Gasteiger charge is 2.18. The Labute approximate surface area is 175 Å². The maximum Gasteiger partial charge on any atom is 0.117 e. The zero-order valence-corrected chi connectivity index (χ0v) is 17.3. The Hall–Kier alpha value is -1.88. The maximum absolute atomic E-state index is 6.34. The van der Waals surface area contributed by atoms with Gasteiger partial charge in [-0.2, -0.15) is 15.0 Å². The molecule has 1 heterocycles. The van der Waals surface area contributed by atoms with Gasteiger partial charge in [0.05, 0.1) is 6.54 Å². The predicted molar refractivity (Wildman–Crippen MR) is 115 cm³/mol. The summed E-state index contributed by atoms with van der Waals surface area (Å²) in [6.07, 6.45) is 6.44. The Morgan fingerprint density at radius 2 is 1.61 bits per heavy atom. The van der Waals surface area contributed by atoms with Gasteiger partial charge in [-0.15, -0.1) is 0 Å². The van der Waals surface area contributed by atoms with Crippen LogP contribution in [0.25, 0.3) is 11.3 Å². The summed E-state index contributed by atoms with van der Waals surface area (Å²) in [5, 5.41) is 14.5. The molecule has 146 valence electrons. The van der Waals surface area contributed by atoms with Gasteiger partial charge in [0.2, 0.25) is 0 Å². The Bertz CT molecular complexity index is 897. The summed E-state index contributed by atoms with van der Waals surface area (Å²) in [4.78, 5) is 1.70. The third kappa shape index (κ3) is 4.57. The molecule has 0 spiro atoms. The van der Waals surface area contributed by atoms with Crippen molar-refractivity contribution in [2.24, 2.45) is 0 Å². The van der Waals surface area contributed by atoms with E-state index in [0.29, 0.717) is 29.2 Å². The SMILES string of the molecule is Clc1cccc(Cl)c1Cn1nc(CNC2CCCCC2)c(-c2ccccc2)n1. The lowest BCUT2D eigenvalue weighted by atomic mass is 9.95. The molecular formula is C22H24Cl2N4. The number of nitrogens with one attached hydrogen (secondary N) is 1. The fourth-order valence-corrected chi connectivity index (χ4v) is 4.28. The number of aromatic nitrogens is 3. The molecule has 4 nitrogen and oxygen atoms in total. The number of rotatable bonds is 6. The van der Waals surface area contributed by atoms with Crippen molar-refractivity contribution in [3.63, 3.8) is 0 Å². The van der Waals surface area contributed by atoms with Gasteiger partial charge in [-0.05, 0) is 25.0 Å². The molecule has 28 heavy (non-hydrogen) atoms. The highest BCUT2D eigenvalue weighted by Crippen LogP contribution is 2.26. The molecule has 0 atom stereocenters. The molecule has 0 saturated heterocycles. The summed E-state index contributed by atoms with van der Waals surface area (Å²) in [6.45, 7) is 1.16. The van der Waals surface area contributed by atoms with Gasteiger partial charge >= 0.3 is 0 Å². The first-order chi connectivity index (χ1) is 13.7. The van der Waals surface area contributed by atoms with Crippen LogP contribution in [-0.2, 0) is 13.1 Å². The summed E-state index contributed by atoms with van der Waals surface area (Å²) in [7, 11) is 0. The molecule has 1 N–H and O–H groups in total. The molecule has 0 unspecified atom stereocenters. The topological polar surface area (TPSA) is 42.7 Å². The van der Waals surface area contributed by atoms with Gasteiger partial charge in [0, 0.05) is 33.8 Å². The first-order valence-electron chi connectivity index (χ1n) is 9.86. The second-order valence-corrected chi connectivity index (χ2v) is 8.12. The summed E-state index contributed by atoms with van der Waals surface area (Å²) in [5.74, 6) is 0. The van der Waals surface area contributed by atoms with E-state index in [9.17, 15) is 0 Å². The van der Waals surface area contributed by atoms with Crippen LogP contribution in [0, 0.1) is 0 Å². The number of hydrogen-bond acceptors (Lipinski definition) is 3. The van der Waals surface area contributed by atoms with Crippen molar-refractivity contribution in [1.29, 1.82) is 0 Å². The van der Waals surface area contributed by atoms with Gasteiger partial charge in [-0.25, -0.2) is 0 Å². The predicted octanol–water partition coefficient (Wildman–Crippen LogP) is 5.72. The monoisotopic (exact) mass is 414 g/mol. The van der Waals surface area contributed by atoms with Gasteiger partial charge in [0.25, 0.3) is 0 Å². The lowest BCUT2D eigenvalue weighted by Gasteiger charge is -2.22. The molecule has 0 bridgehead atoms. The number of hydrogen-bond donors (Lipinski definition) is 1. The molecular weight excluding hydrogens is 391 g/mol. The molecule has 0 radical (unpaired) electrons. The highest BCUT2D eigenvalue weighted by atomic mass is 35.5. The number of halogens is 2. The molecule has 1 aromatic heterocycles. The smallest absolute Gasteiger partial charge is 0.117 e. The summed E-state index contributed by atoms with van der Waals surface area (Å²) < 4.78 is 0. The normalized spacial score (nSPS) is 15.1. The fourth-order valence-electron chi connectivity index (χ4n) is 3.76. The van der Waals surface area contributed by atoms with E-state index in [2.05, 4.69) is 17.4 Å². The standard InChI is InChI=1S/C22H24Cl2N4/c23-19-12-7-13-20(24)18(19)15-28-26-21(14-25-17-10-5-2-6-11-17)22(27-28)16-8-3-1-4-9-16/h1,3-4,7-9,12-13,17,25H,2,5-6,10-11,14-15H2. The second kappa shape index (κ2) is 9.08. The van der Waals surface area contributed by atoms with Crippen LogP contribution >= 0.6 is 23.2 Å². The molecule has 1 fully saturated rings. The second-order valence-electron chi connectivity index (χ2n) is 7.31. The first-order valence-corrected chi connectivity index (χ1v) is 10.6. The minimum atomic E-state index is 0.446. The summed E-state index contributed by atoms with van der Waals surface area (Å²) in [5.41, 5.74) is 3.78. The summed E-state index contributed by atoms with van der Waals surface area (Å²) in [6, 6.07) is 16.3. The fraction of sp³-hybridized carbons (Fsp3) is 0.364. The third-order valence-corrected chi connectivity index (χ3v) is 6.00.